The van der Waals surface area contributed by atoms with Crippen LogP contribution in [0.2, 0.25) is 0 Å². The summed E-state index contributed by atoms with van der Waals surface area (Å²) in [7, 11) is 1.67. The third kappa shape index (κ3) is 3.82. The molecule has 2 aromatic rings. The Labute approximate surface area is 125 Å². The maximum absolute atomic E-state index is 13.4. The maximum atomic E-state index is 13.4. The number of methoxy groups -OCH3 is 1. The smallest absolute Gasteiger partial charge is 0.203 e. The summed E-state index contributed by atoms with van der Waals surface area (Å²) in [5, 5.41) is 3.33. The van der Waals surface area contributed by atoms with Gasteiger partial charge in [-0.05, 0) is 38.5 Å². The standard InChI is InChI=1S/C16H22FN3O/c1-11-9-20(16(18-11)19-12(2)10-21-4)13(3)14-6-5-7-15(17)8-14/h5-9,12-13H,10H2,1-4H3,(H,18,19). The molecule has 0 aliphatic rings. The lowest BCUT2D eigenvalue weighted by Gasteiger charge is -2.20. The predicted molar refractivity (Wildman–Crippen MR) is 82.1 cm³/mol. The van der Waals surface area contributed by atoms with E-state index in [2.05, 4.69) is 10.3 Å². The van der Waals surface area contributed by atoms with Gasteiger partial charge >= 0.3 is 0 Å². The first-order valence-electron chi connectivity index (χ1n) is 7.07. The van der Waals surface area contributed by atoms with Gasteiger partial charge in [0.05, 0.1) is 18.3 Å². The SMILES string of the molecule is COCC(C)Nc1nc(C)cn1C(C)c1cccc(F)c1. The minimum Gasteiger partial charge on any atom is -0.383 e. The van der Waals surface area contributed by atoms with E-state index in [0.717, 1.165) is 17.2 Å². The van der Waals surface area contributed by atoms with Crippen molar-refractivity contribution in [2.75, 3.05) is 19.0 Å². The van der Waals surface area contributed by atoms with E-state index in [1.807, 2.05) is 37.6 Å². The van der Waals surface area contributed by atoms with Crippen molar-refractivity contribution in [1.82, 2.24) is 9.55 Å². The lowest BCUT2D eigenvalue weighted by molar-refractivity contribution is 0.190. The molecule has 2 unspecified atom stereocenters. The Bertz CT molecular complexity index is 597. The fourth-order valence-electron chi connectivity index (χ4n) is 2.36. The summed E-state index contributed by atoms with van der Waals surface area (Å²) < 4.78 is 20.6. The van der Waals surface area contributed by atoms with Gasteiger partial charge in [-0.2, -0.15) is 0 Å². The van der Waals surface area contributed by atoms with Crippen molar-refractivity contribution in [2.45, 2.75) is 32.9 Å². The van der Waals surface area contributed by atoms with E-state index >= 15 is 0 Å². The van der Waals surface area contributed by atoms with Crippen molar-refractivity contribution in [3.05, 3.63) is 47.5 Å². The molecule has 0 aliphatic carbocycles. The second kappa shape index (κ2) is 6.72. The number of ether oxygens (including phenoxy) is 1. The van der Waals surface area contributed by atoms with Crippen LogP contribution in [0.1, 0.15) is 31.1 Å². The van der Waals surface area contributed by atoms with Crippen LogP contribution < -0.4 is 5.32 Å². The molecule has 0 aliphatic heterocycles. The van der Waals surface area contributed by atoms with Crippen LogP contribution >= 0.6 is 0 Å². The quantitative estimate of drug-likeness (QED) is 0.886. The molecule has 0 amide bonds. The summed E-state index contributed by atoms with van der Waals surface area (Å²) in [4.78, 5) is 4.50. The number of benzene rings is 1. The molecule has 114 valence electrons. The third-order valence-electron chi connectivity index (χ3n) is 3.39. The summed E-state index contributed by atoms with van der Waals surface area (Å²) in [6, 6.07) is 6.81. The lowest BCUT2D eigenvalue weighted by Crippen LogP contribution is -2.24. The highest BCUT2D eigenvalue weighted by Gasteiger charge is 2.15. The number of aromatic nitrogens is 2. The molecule has 1 aromatic carbocycles. The van der Waals surface area contributed by atoms with Crippen LogP contribution in [0.25, 0.3) is 0 Å². The number of hydrogen-bond donors (Lipinski definition) is 1. The summed E-state index contributed by atoms with van der Waals surface area (Å²) in [5.74, 6) is 0.548. The fourth-order valence-corrected chi connectivity index (χ4v) is 2.36. The van der Waals surface area contributed by atoms with E-state index in [9.17, 15) is 4.39 Å². The first kappa shape index (κ1) is 15.5. The van der Waals surface area contributed by atoms with Gasteiger partial charge in [0.1, 0.15) is 5.82 Å². The fraction of sp³-hybridized carbons (Fsp3) is 0.438. The first-order chi connectivity index (χ1) is 10.0. The van der Waals surface area contributed by atoms with Gasteiger partial charge in [0.2, 0.25) is 5.95 Å². The van der Waals surface area contributed by atoms with Crippen molar-refractivity contribution in [3.63, 3.8) is 0 Å². The number of hydrogen-bond acceptors (Lipinski definition) is 3. The van der Waals surface area contributed by atoms with E-state index in [1.165, 1.54) is 6.07 Å². The molecule has 1 aromatic heterocycles. The maximum Gasteiger partial charge on any atom is 0.203 e. The third-order valence-corrected chi connectivity index (χ3v) is 3.39. The summed E-state index contributed by atoms with van der Waals surface area (Å²) in [6.45, 7) is 6.61. The van der Waals surface area contributed by atoms with E-state index in [1.54, 1.807) is 19.2 Å². The molecule has 5 heteroatoms. The number of halogens is 1. The van der Waals surface area contributed by atoms with E-state index in [4.69, 9.17) is 4.74 Å². The summed E-state index contributed by atoms with van der Waals surface area (Å²) in [5.41, 5.74) is 1.83. The minimum absolute atomic E-state index is 0.000792. The van der Waals surface area contributed by atoms with Gasteiger partial charge in [-0.3, -0.25) is 0 Å². The number of nitrogens with zero attached hydrogens (tertiary/aromatic N) is 2. The van der Waals surface area contributed by atoms with Crippen LogP contribution in [-0.4, -0.2) is 29.3 Å². The molecule has 0 radical (unpaired) electrons. The Morgan fingerprint density at radius 3 is 2.81 bits per heavy atom. The molecular formula is C16H22FN3O. The van der Waals surface area contributed by atoms with Gasteiger partial charge in [-0.1, -0.05) is 12.1 Å². The molecule has 0 saturated carbocycles. The molecule has 1 heterocycles. The van der Waals surface area contributed by atoms with Gasteiger partial charge in [0.25, 0.3) is 0 Å². The number of imidazole rings is 1. The van der Waals surface area contributed by atoms with Crippen molar-refractivity contribution in [1.29, 1.82) is 0 Å². The molecule has 0 bridgehead atoms. The molecule has 4 nitrogen and oxygen atoms in total. The Kier molecular flexibility index (Phi) is 4.96. The highest BCUT2D eigenvalue weighted by atomic mass is 19.1. The predicted octanol–water partition coefficient (Wildman–Crippen LogP) is 3.39. The number of anilines is 1. The molecule has 0 saturated heterocycles. The summed E-state index contributed by atoms with van der Waals surface area (Å²) >= 11 is 0. The highest BCUT2D eigenvalue weighted by molar-refractivity contribution is 5.33. The second-order valence-corrected chi connectivity index (χ2v) is 5.34. The van der Waals surface area contributed by atoms with Crippen LogP contribution in [0.15, 0.2) is 30.5 Å². The van der Waals surface area contributed by atoms with Crippen molar-refractivity contribution in [3.8, 4) is 0 Å². The van der Waals surface area contributed by atoms with Crippen LogP contribution in [0.3, 0.4) is 0 Å². The number of aryl methyl sites for hydroxylation is 1. The van der Waals surface area contributed by atoms with Crippen LogP contribution in [-0.2, 0) is 4.74 Å². The molecule has 21 heavy (non-hydrogen) atoms. The Morgan fingerprint density at radius 2 is 2.14 bits per heavy atom. The van der Waals surface area contributed by atoms with Gasteiger partial charge in [-0.25, -0.2) is 9.37 Å². The Hall–Kier alpha value is -1.88. The molecule has 1 N–H and O–H groups in total. The molecule has 2 atom stereocenters. The van der Waals surface area contributed by atoms with Crippen molar-refractivity contribution < 1.29 is 9.13 Å². The molecule has 2 rings (SSSR count). The van der Waals surface area contributed by atoms with Gasteiger partial charge in [0, 0.05) is 19.3 Å². The average molecular weight is 291 g/mol. The van der Waals surface area contributed by atoms with Crippen LogP contribution in [0, 0.1) is 12.7 Å². The van der Waals surface area contributed by atoms with Gasteiger partial charge < -0.3 is 14.6 Å². The van der Waals surface area contributed by atoms with Gasteiger partial charge in [0.15, 0.2) is 0 Å². The zero-order valence-electron chi connectivity index (χ0n) is 12.9. The molecular weight excluding hydrogens is 269 g/mol. The monoisotopic (exact) mass is 291 g/mol. The minimum atomic E-state index is -0.224. The van der Waals surface area contributed by atoms with E-state index in [-0.39, 0.29) is 17.9 Å². The highest BCUT2D eigenvalue weighted by Crippen LogP contribution is 2.23. The number of rotatable bonds is 6. The van der Waals surface area contributed by atoms with Crippen molar-refractivity contribution in [2.24, 2.45) is 0 Å². The molecule has 0 spiro atoms. The zero-order chi connectivity index (χ0) is 15.4. The molecule has 0 fully saturated rings. The summed E-state index contributed by atoms with van der Waals surface area (Å²) in [6.07, 6.45) is 1.97. The van der Waals surface area contributed by atoms with Crippen molar-refractivity contribution >= 4 is 5.95 Å². The zero-order valence-corrected chi connectivity index (χ0v) is 12.9. The Balaban J connectivity index is 2.26. The Morgan fingerprint density at radius 1 is 1.38 bits per heavy atom. The largest absolute Gasteiger partial charge is 0.383 e. The topological polar surface area (TPSA) is 39.1 Å². The van der Waals surface area contributed by atoms with Gasteiger partial charge in [-0.15, -0.1) is 0 Å². The number of nitrogens with one attached hydrogen (secondary N) is 1. The average Bonchev–Trinajstić information content (AvgIpc) is 2.79. The van der Waals surface area contributed by atoms with E-state index in [0.29, 0.717) is 6.61 Å². The first-order valence-corrected chi connectivity index (χ1v) is 7.07. The van der Waals surface area contributed by atoms with E-state index < -0.39 is 0 Å². The van der Waals surface area contributed by atoms with Crippen LogP contribution in [0.4, 0.5) is 10.3 Å². The normalized spacial score (nSPS) is 14.0. The lowest BCUT2D eigenvalue weighted by atomic mass is 10.1. The van der Waals surface area contributed by atoms with Crippen LogP contribution in [0.5, 0.6) is 0 Å². The second-order valence-electron chi connectivity index (χ2n) is 5.34.